The second kappa shape index (κ2) is 10.6. The van der Waals surface area contributed by atoms with Gasteiger partial charge in [-0.1, -0.05) is 12.0 Å². The molecule has 45 heavy (non-hydrogen) atoms. The van der Waals surface area contributed by atoms with Crippen LogP contribution in [0.3, 0.4) is 0 Å². The highest BCUT2D eigenvalue weighted by Crippen LogP contribution is 2.44. The molecule has 3 saturated heterocycles. The van der Waals surface area contributed by atoms with Gasteiger partial charge < -0.3 is 24.2 Å². The number of pyridine rings is 1. The molecule has 232 valence electrons. The van der Waals surface area contributed by atoms with Crippen molar-refractivity contribution in [3.05, 3.63) is 41.5 Å². The number of aromatic hydroxyl groups is 1. The molecule has 0 bridgehead atoms. The first-order valence-corrected chi connectivity index (χ1v) is 15.2. The van der Waals surface area contributed by atoms with Crippen LogP contribution in [0, 0.1) is 24.0 Å². The maximum Gasteiger partial charge on any atom is 0.319 e. The fourth-order valence-electron chi connectivity index (χ4n) is 7.52. The highest BCUT2D eigenvalue weighted by molar-refractivity contribution is 6.04. The van der Waals surface area contributed by atoms with Crippen molar-refractivity contribution in [1.82, 2.24) is 19.9 Å². The van der Waals surface area contributed by atoms with Gasteiger partial charge in [0.25, 0.3) is 0 Å². The zero-order chi connectivity index (χ0) is 30.9. The molecule has 0 amide bonds. The highest BCUT2D eigenvalue weighted by Gasteiger charge is 2.49. The van der Waals surface area contributed by atoms with Crippen LogP contribution in [-0.2, 0) is 4.74 Å². The van der Waals surface area contributed by atoms with Crippen molar-refractivity contribution in [2.24, 2.45) is 0 Å². The Balaban J connectivity index is 1.34. The standard InChI is InChI=1S/C33H30F3N5O4/c1-2-22-24(35)5-4-18-12-21(42)13-23(25(18)22)28-27(36)29-26-30(41-9-11-43-16-20(41)6-10-44-31(26)37-28)39-32(38-29)45-17-33-7-3-8-40(33)15-19(34)14-33/h1,4-5,12-13,19-20,42H,3,6-11,14-17H2/t19-,20?,33+/m1/s1. The summed E-state index contributed by atoms with van der Waals surface area (Å²) in [6.45, 7) is 2.99. The van der Waals surface area contributed by atoms with E-state index in [9.17, 15) is 13.9 Å². The first-order chi connectivity index (χ1) is 21.8. The van der Waals surface area contributed by atoms with E-state index in [0.29, 0.717) is 50.3 Å². The van der Waals surface area contributed by atoms with Crippen LogP contribution < -0.4 is 14.4 Å². The topological polar surface area (TPSA) is 93.1 Å². The number of anilines is 1. The predicted octanol–water partition coefficient (Wildman–Crippen LogP) is 4.75. The Morgan fingerprint density at radius 1 is 1.13 bits per heavy atom. The third kappa shape index (κ3) is 4.51. The number of aromatic nitrogens is 3. The average Bonchev–Trinajstić information content (AvgIpc) is 3.55. The highest BCUT2D eigenvalue weighted by atomic mass is 19.1. The van der Waals surface area contributed by atoms with Gasteiger partial charge in [-0.2, -0.15) is 9.97 Å². The average molecular weight is 618 g/mol. The molecule has 9 nitrogen and oxygen atoms in total. The summed E-state index contributed by atoms with van der Waals surface area (Å²) in [5.41, 5.74) is -0.776. The predicted molar refractivity (Wildman–Crippen MR) is 160 cm³/mol. The molecule has 2 aromatic heterocycles. The Morgan fingerprint density at radius 3 is 2.89 bits per heavy atom. The smallest absolute Gasteiger partial charge is 0.319 e. The normalized spacial score (nSPS) is 24.5. The number of fused-ring (bicyclic) bond motifs is 4. The van der Waals surface area contributed by atoms with Gasteiger partial charge in [0.05, 0.1) is 37.0 Å². The van der Waals surface area contributed by atoms with E-state index in [4.69, 9.17) is 25.6 Å². The van der Waals surface area contributed by atoms with E-state index in [0.717, 1.165) is 19.4 Å². The third-order valence-corrected chi connectivity index (χ3v) is 9.58. The maximum absolute atomic E-state index is 16.9. The number of morpholine rings is 1. The third-order valence-electron chi connectivity index (χ3n) is 9.58. The molecule has 0 aliphatic carbocycles. The van der Waals surface area contributed by atoms with E-state index in [2.05, 4.69) is 25.7 Å². The van der Waals surface area contributed by atoms with Crippen LogP contribution >= 0.6 is 0 Å². The molecule has 4 aliphatic heterocycles. The Hall–Kier alpha value is -4.34. The van der Waals surface area contributed by atoms with Gasteiger partial charge in [0.1, 0.15) is 46.8 Å². The van der Waals surface area contributed by atoms with E-state index in [1.807, 2.05) is 0 Å². The largest absolute Gasteiger partial charge is 0.508 e. The van der Waals surface area contributed by atoms with Crippen LogP contribution in [0.4, 0.5) is 19.0 Å². The summed E-state index contributed by atoms with van der Waals surface area (Å²) in [5.74, 6) is 1.19. The number of alkyl halides is 1. The molecule has 0 spiro atoms. The fraction of sp³-hybridized carbons (Fsp3) is 0.424. The van der Waals surface area contributed by atoms with Gasteiger partial charge in [-0.15, -0.1) is 6.42 Å². The summed E-state index contributed by atoms with van der Waals surface area (Å²) >= 11 is 0. The molecule has 12 heteroatoms. The summed E-state index contributed by atoms with van der Waals surface area (Å²) < 4.78 is 64.4. The number of hydrogen-bond donors (Lipinski definition) is 1. The van der Waals surface area contributed by atoms with E-state index in [1.165, 1.54) is 24.3 Å². The van der Waals surface area contributed by atoms with Crippen molar-refractivity contribution < 1.29 is 32.5 Å². The van der Waals surface area contributed by atoms with E-state index in [1.54, 1.807) is 0 Å². The minimum Gasteiger partial charge on any atom is -0.508 e. The van der Waals surface area contributed by atoms with Gasteiger partial charge in [0, 0.05) is 36.9 Å². The van der Waals surface area contributed by atoms with Gasteiger partial charge in [-0.25, -0.2) is 18.2 Å². The summed E-state index contributed by atoms with van der Waals surface area (Å²) in [6, 6.07) is 5.26. The zero-order valence-electron chi connectivity index (χ0n) is 24.4. The van der Waals surface area contributed by atoms with Crippen molar-refractivity contribution >= 4 is 27.5 Å². The molecule has 0 saturated carbocycles. The molecule has 4 aliphatic rings. The van der Waals surface area contributed by atoms with Gasteiger partial charge >= 0.3 is 6.01 Å². The second-order valence-electron chi connectivity index (χ2n) is 12.2. The van der Waals surface area contributed by atoms with Crippen LogP contribution in [0.2, 0.25) is 0 Å². The minimum atomic E-state index is -0.936. The lowest BCUT2D eigenvalue weighted by Gasteiger charge is -2.38. The monoisotopic (exact) mass is 617 g/mol. The van der Waals surface area contributed by atoms with Crippen LogP contribution in [0.15, 0.2) is 24.3 Å². The van der Waals surface area contributed by atoms with Crippen LogP contribution in [-0.4, -0.2) is 88.8 Å². The number of terminal acetylenes is 1. The minimum absolute atomic E-state index is 0.0510. The van der Waals surface area contributed by atoms with Gasteiger partial charge in [-0.3, -0.25) is 4.90 Å². The number of rotatable bonds is 4. The Bertz CT molecular complexity index is 1900. The van der Waals surface area contributed by atoms with Crippen LogP contribution in [0.25, 0.3) is 32.9 Å². The number of hydrogen-bond acceptors (Lipinski definition) is 9. The van der Waals surface area contributed by atoms with Gasteiger partial charge in [-0.05, 0) is 43.0 Å². The number of ether oxygens (including phenoxy) is 3. The first-order valence-electron chi connectivity index (χ1n) is 15.2. The molecule has 2 aromatic carbocycles. The lowest BCUT2D eigenvalue weighted by Crippen LogP contribution is -2.47. The first kappa shape index (κ1) is 28.2. The number of halogens is 3. The molecule has 3 atom stereocenters. The van der Waals surface area contributed by atoms with E-state index < -0.39 is 23.3 Å². The Morgan fingerprint density at radius 2 is 2.02 bits per heavy atom. The van der Waals surface area contributed by atoms with Crippen LogP contribution in [0.5, 0.6) is 17.6 Å². The van der Waals surface area contributed by atoms with E-state index in [-0.39, 0.29) is 70.0 Å². The van der Waals surface area contributed by atoms with Crippen LogP contribution in [0.1, 0.15) is 31.2 Å². The summed E-state index contributed by atoms with van der Waals surface area (Å²) in [4.78, 5) is 18.1. The van der Waals surface area contributed by atoms with E-state index >= 15 is 4.39 Å². The zero-order valence-corrected chi connectivity index (χ0v) is 24.4. The molecular weight excluding hydrogens is 587 g/mol. The molecule has 1 unspecified atom stereocenters. The van der Waals surface area contributed by atoms with Gasteiger partial charge in [0.15, 0.2) is 5.82 Å². The molecule has 8 rings (SSSR count). The number of nitrogens with zero attached hydrogens (tertiary/aromatic N) is 5. The molecule has 4 aromatic rings. The van der Waals surface area contributed by atoms with Crippen molar-refractivity contribution in [2.75, 3.05) is 51.0 Å². The number of phenols is 1. The lowest BCUT2D eigenvalue weighted by molar-refractivity contribution is 0.0846. The lowest BCUT2D eigenvalue weighted by atomic mass is 9.95. The van der Waals surface area contributed by atoms with Crippen molar-refractivity contribution in [3.63, 3.8) is 0 Å². The maximum atomic E-state index is 16.9. The van der Waals surface area contributed by atoms with Gasteiger partial charge in [0.2, 0.25) is 5.88 Å². The summed E-state index contributed by atoms with van der Waals surface area (Å²) in [5, 5.41) is 11.5. The second-order valence-corrected chi connectivity index (χ2v) is 12.2. The van der Waals surface area contributed by atoms with Crippen molar-refractivity contribution in [3.8, 4) is 41.2 Å². The Labute approximate surface area is 256 Å². The SMILES string of the molecule is C#Cc1c(F)ccc2cc(O)cc(-c3nc4c5c(nc(OC[C@@]67CCCN6C[C@H](F)C7)nc5c3F)N3CCOCC3CCO4)c12. The summed E-state index contributed by atoms with van der Waals surface area (Å²) in [6.07, 6.45) is 7.44. The molecular formula is C33H30F3N5O4. The quantitative estimate of drug-likeness (QED) is 0.326. The fourth-order valence-corrected chi connectivity index (χ4v) is 7.52. The molecule has 6 heterocycles. The molecule has 1 N–H and O–H groups in total. The van der Waals surface area contributed by atoms with Crippen molar-refractivity contribution in [1.29, 1.82) is 0 Å². The molecule has 3 fully saturated rings. The molecule has 0 radical (unpaired) electrons. The van der Waals surface area contributed by atoms with Crippen molar-refractivity contribution in [2.45, 2.75) is 43.4 Å². The Kier molecular flexibility index (Phi) is 6.65. The number of phenolic OH excluding ortho intramolecular Hbond substituents is 1. The summed E-state index contributed by atoms with van der Waals surface area (Å²) in [7, 11) is 0. The number of benzene rings is 2.